The smallest absolute Gasteiger partial charge is 0.343 e. The molecule has 9 heteroatoms. The molecule has 4 rings (SSSR count). The maximum Gasteiger partial charge on any atom is 0.343 e. The van der Waals surface area contributed by atoms with Gasteiger partial charge in [-0.3, -0.25) is 9.59 Å². The van der Waals surface area contributed by atoms with Crippen molar-refractivity contribution in [3.8, 4) is 5.75 Å². The average molecular weight is 502 g/mol. The van der Waals surface area contributed by atoms with Gasteiger partial charge >= 0.3 is 5.97 Å². The molecule has 0 saturated heterocycles. The van der Waals surface area contributed by atoms with Gasteiger partial charge in [-0.1, -0.05) is 52.5 Å². The first-order chi connectivity index (χ1) is 15.7. The highest BCUT2D eigenvalue weighted by molar-refractivity contribution is 6.53. The number of imide groups is 1. The van der Waals surface area contributed by atoms with Gasteiger partial charge in [0.25, 0.3) is 11.8 Å². The Bertz CT molecular complexity index is 1300. The number of hydrogen-bond donors (Lipinski definition) is 1. The highest BCUT2D eigenvalue weighted by Crippen LogP contribution is 2.33. The van der Waals surface area contributed by atoms with Crippen molar-refractivity contribution in [3.05, 3.63) is 98.6 Å². The summed E-state index contributed by atoms with van der Waals surface area (Å²) in [5.74, 6) is -1.44. The van der Waals surface area contributed by atoms with Gasteiger partial charge in [-0.25, -0.2) is 9.69 Å². The molecule has 1 aliphatic heterocycles. The topological polar surface area (TPSA) is 75.7 Å². The summed E-state index contributed by atoms with van der Waals surface area (Å²) in [6, 6.07) is 17.7. The van der Waals surface area contributed by atoms with Crippen molar-refractivity contribution < 1.29 is 19.1 Å². The normalized spacial score (nSPS) is 13.5. The van der Waals surface area contributed by atoms with E-state index in [1.807, 2.05) is 19.1 Å². The third-order valence-corrected chi connectivity index (χ3v) is 5.90. The molecule has 33 heavy (non-hydrogen) atoms. The second-order valence-electron chi connectivity index (χ2n) is 7.14. The Morgan fingerprint density at radius 1 is 0.848 bits per heavy atom. The van der Waals surface area contributed by atoms with Gasteiger partial charge in [0.2, 0.25) is 0 Å². The molecule has 0 fully saturated rings. The summed E-state index contributed by atoms with van der Waals surface area (Å²) >= 11 is 18.1. The van der Waals surface area contributed by atoms with Crippen LogP contribution in [0.25, 0.3) is 0 Å². The fraction of sp³-hybridized carbons (Fsp3) is 0.0417. The minimum absolute atomic E-state index is 0.0947. The van der Waals surface area contributed by atoms with Crippen LogP contribution in [-0.2, 0) is 9.59 Å². The number of hydrogen-bond acceptors (Lipinski definition) is 5. The quantitative estimate of drug-likeness (QED) is 0.265. The third-order valence-electron chi connectivity index (χ3n) is 4.81. The van der Waals surface area contributed by atoms with Gasteiger partial charge < -0.3 is 10.1 Å². The maximum absolute atomic E-state index is 12.9. The number of ether oxygens (including phenoxy) is 1. The number of esters is 1. The van der Waals surface area contributed by atoms with E-state index >= 15 is 0 Å². The van der Waals surface area contributed by atoms with Gasteiger partial charge in [0, 0.05) is 5.69 Å². The molecule has 166 valence electrons. The summed E-state index contributed by atoms with van der Waals surface area (Å²) in [6.45, 7) is 1.94. The van der Waals surface area contributed by atoms with Crippen LogP contribution in [0.3, 0.4) is 0 Å². The van der Waals surface area contributed by atoms with Crippen molar-refractivity contribution in [2.45, 2.75) is 6.92 Å². The number of carbonyl (C=O) groups is 3. The van der Waals surface area contributed by atoms with Crippen molar-refractivity contribution in [3.63, 3.8) is 0 Å². The zero-order valence-electron chi connectivity index (χ0n) is 17.1. The second kappa shape index (κ2) is 9.27. The zero-order chi connectivity index (χ0) is 23.7. The molecule has 0 atom stereocenters. The number of anilines is 2. The summed E-state index contributed by atoms with van der Waals surface area (Å²) < 4.78 is 5.34. The number of nitrogens with zero attached hydrogens (tertiary/aromatic N) is 1. The van der Waals surface area contributed by atoms with Gasteiger partial charge in [-0.2, -0.15) is 0 Å². The summed E-state index contributed by atoms with van der Waals surface area (Å²) in [7, 11) is 0. The van der Waals surface area contributed by atoms with Crippen molar-refractivity contribution in [2.75, 3.05) is 10.2 Å². The van der Waals surface area contributed by atoms with E-state index in [1.165, 1.54) is 30.3 Å². The highest BCUT2D eigenvalue weighted by Gasteiger charge is 2.39. The lowest BCUT2D eigenvalue weighted by Crippen LogP contribution is -2.32. The monoisotopic (exact) mass is 500 g/mol. The molecular formula is C24H15Cl3N2O4. The molecule has 1 aliphatic rings. The van der Waals surface area contributed by atoms with Gasteiger partial charge in [-0.15, -0.1) is 0 Å². The van der Waals surface area contributed by atoms with Crippen LogP contribution in [0.15, 0.2) is 77.5 Å². The maximum atomic E-state index is 12.9. The molecular weight excluding hydrogens is 487 g/mol. The molecule has 0 unspecified atom stereocenters. The Kier molecular flexibility index (Phi) is 6.42. The van der Waals surface area contributed by atoms with E-state index in [2.05, 4.69) is 5.32 Å². The van der Waals surface area contributed by atoms with Crippen LogP contribution in [-0.4, -0.2) is 17.8 Å². The lowest BCUT2D eigenvalue weighted by Gasteiger charge is -2.15. The fourth-order valence-electron chi connectivity index (χ4n) is 3.08. The first-order valence-corrected chi connectivity index (χ1v) is 10.8. The van der Waals surface area contributed by atoms with Crippen LogP contribution in [0.1, 0.15) is 15.9 Å². The van der Waals surface area contributed by atoms with E-state index in [-0.39, 0.29) is 26.5 Å². The lowest BCUT2D eigenvalue weighted by atomic mass is 10.2. The molecule has 0 aromatic heterocycles. The number of halogens is 3. The van der Waals surface area contributed by atoms with Crippen molar-refractivity contribution in [2.24, 2.45) is 0 Å². The van der Waals surface area contributed by atoms with Crippen LogP contribution < -0.4 is 15.0 Å². The molecule has 3 aromatic rings. The van der Waals surface area contributed by atoms with Crippen LogP contribution >= 0.6 is 34.8 Å². The average Bonchev–Trinajstić information content (AvgIpc) is 3.01. The van der Waals surface area contributed by atoms with E-state index < -0.39 is 17.8 Å². The number of amides is 2. The van der Waals surface area contributed by atoms with E-state index in [9.17, 15) is 14.4 Å². The van der Waals surface area contributed by atoms with E-state index in [4.69, 9.17) is 39.5 Å². The molecule has 1 N–H and O–H groups in total. The Balaban J connectivity index is 1.48. The number of rotatable bonds is 5. The fourth-order valence-corrected chi connectivity index (χ4v) is 3.58. The van der Waals surface area contributed by atoms with Gasteiger partial charge in [0.05, 0.1) is 21.3 Å². The predicted octanol–water partition coefficient (Wildman–Crippen LogP) is 5.96. The molecule has 6 nitrogen and oxygen atoms in total. The zero-order valence-corrected chi connectivity index (χ0v) is 19.3. The van der Waals surface area contributed by atoms with Crippen LogP contribution in [0, 0.1) is 6.92 Å². The molecule has 0 bridgehead atoms. The second-order valence-corrected chi connectivity index (χ2v) is 8.33. The SMILES string of the molecule is Cc1ccc(OC(=O)c2ccc(NC3=C(Cl)C(=O)N(c4ccc(Cl)c(Cl)c4)C3=O)cc2)cc1. The van der Waals surface area contributed by atoms with Crippen molar-refractivity contribution in [1.29, 1.82) is 0 Å². The number of aryl methyl sites for hydroxylation is 1. The lowest BCUT2D eigenvalue weighted by molar-refractivity contribution is -0.120. The Morgan fingerprint density at radius 2 is 1.52 bits per heavy atom. The number of benzene rings is 3. The minimum atomic E-state index is -0.694. The van der Waals surface area contributed by atoms with Crippen LogP contribution in [0.5, 0.6) is 5.75 Å². The molecule has 0 aliphatic carbocycles. The summed E-state index contributed by atoms with van der Waals surface area (Å²) in [4.78, 5) is 38.7. The summed E-state index contributed by atoms with van der Waals surface area (Å²) in [6.07, 6.45) is 0. The van der Waals surface area contributed by atoms with Crippen LogP contribution in [0.2, 0.25) is 10.0 Å². The molecule has 1 heterocycles. The molecule has 0 radical (unpaired) electrons. The molecule has 0 spiro atoms. The van der Waals surface area contributed by atoms with Gasteiger partial charge in [0.1, 0.15) is 16.5 Å². The number of carbonyl (C=O) groups excluding carboxylic acids is 3. The van der Waals surface area contributed by atoms with E-state index in [0.717, 1.165) is 10.5 Å². The van der Waals surface area contributed by atoms with Gasteiger partial charge in [0.15, 0.2) is 0 Å². The molecule has 2 amide bonds. The summed E-state index contributed by atoms with van der Waals surface area (Å²) in [5.41, 5.74) is 1.96. The van der Waals surface area contributed by atoms with Crippen molar-refractivity contribution in [1.82, 2.24) is 0 Å². The first-order valence-electron chi connectivity index (χ1n) is 9.64. The van der Waals surface area contributed by atoms with Crippen molar-refractivity contribution >= 4 is 64.0 Å². The Labute approximate surface area is 204 Å². The largest absolute Gasteiger partial charge is 0.423 e. The Morgan fingerprint density at radius 3 is 2.15 bits per heavy atom. The standard InChI is InChI=1S/C24H15Cl3N2O4/c1-13-2-9-17(10-3-13)33-24(32)14-4-6-15(7-5-14)28-21-20(27)22(30)29(23(21)31)16-8-11-18(25)19(26)12-16/h2-12,28H,1H3. The molecule has 0 saturated carbocycles. The Hall–Kier alpha value is -3.32. The van der Waals surface area contributed by atoms with Gasteiger partial charge in [-0.05, 0) is 61.5 Å². The summed E-state index contributed by atoms with van der Waals surface area (Å²) in [5, 5.41) is 3.06. The number of nitrogens with one attached hydrogen (secondary N) is 1. The first kappa shape index (κ1) is 22.9. The van der Waals surface area contributed by atoms with E-state index in [0.29, 0.717) is 17.0 Å². The molecule has 3 aromatic carbocycles. The third kappa shape index (κ3) is 4.73. The van der Waals surface area contributed by atoms with E-state index in [1.54, 1.807) is 24.3 Å². The highest BCUT2D eigenvalue weighted by atomic mass is 35.5. The van der Waals surface area contributed by atoms with Crippen LogP contribution in [0.4, 0.5) is 11.4 Å². The predicted molar refractivity (Wildman–Crippen MR) is 128 cm³/mol. The minimum Gasteiger partial charge on any atom is -0.423 e.